The van der Waals surface area contributed by atoms with Gasteiger partial charge in [0.15, 0.2) is 0 Å². The molecule has 0 amide bonds. The van der Waals surface area contributed by atoms with E-state index in [4.69, 9.17) is 0 Å². The van der Waals surface area contributed by atoms with E-state index in [1.165, 1.54) is 32.1 Å². The summed E-state index contributed by atoms with van der Waals surface area (Å²) in [6.45, 7) is 4.41. The third-order valence-corrected chi connectivity index (χ3v) is 3.67. The van der Waals surface area contributed by atoms with E-state index >= 15 is 0 Å². The summed E-state index contributed by atoms with van der Waals surface area (Å²) in [5, 5.41) is 10.4. The van der Waals surface area contributed by atoms with Crippen LogP contribution in [0.5, 0.6) is 0 Å². The van der Waals surface area contributed by atoms with Crippen molar-refractivity contribution >= 4 is 0 Å². The molecule has 1 aliphatic carbocycles. The molecule has 0 saturated heterocycles. The van der Waals surface area contributed by atoms with Crippen LogP contribution in [0.2, 0.25) is 0 Å². The first-order valence-corrected chi connectivity index (χ1v) is 6.76. The average Bonchev–Trinajstić information content (AvgIpc) is 2.29. The fraction of sp³-hybridized carbons (Fsp3) is 0.733. The van der Waals surface area contributed by atoms with Crippen molar-refractivity contribution in [1.29, 1.82) is 0 Å². The summed E-state index contributed by atoms with van der Waals surface area (Å²) in [5.41, 5.74) is -0.584. The molecule has 0 saturated carbocycles. The standard InChI is InChI=1S/C15H26O/c1-3-4-5-6-8-11-14(2)15(16)12-9-7-10-13-15/h7,9-10,12,14,16H,3-6,8,11,13H2,1-2H3. The Morgan fingerprint density at radius 3 is 2.56 bits per heavy atom. The monoisotopic (exact) mass is 222 g/mol. The minimum atomic E-state index is -0.584. The molecule has 0 fully saturated rings. The molecular formula is C15H26O. The third kappa shape index (κ3) is 4.13. The van der Waals surface area contributed by atoms with Crippen molar-refractivity contribution in [2.45, 2.75) is 64.4 Å². The van der Waals surface area contributed by atoms with Gasteiger partial charge in [-0.05, 0) is 18.8 Å². The number of rotatable bonds is 7. The zero-order valence-corrected chi connectivity index (χ0v) is 10.8. The lowest BCUT2D eigenvalue weighted by Gasteiger charge is -2.32. The van der Waals surface area contributed by atoms with Crippen molar-refractivity contribution in [1.82, 2.24) is 0 Å². The maximum absolute atomic E-state index is 10.4. The maximum Gasteiger partial charge on any atom is 0.0890 e. The highest BCUT2D eigenvalue weighted by Crippen LogP contribution is 2.30. The van der Waals surface area contributed by atoms with Crippen LogP contribution >= 0.6 is 0 Å². The number of allylic oxidation sites excluding steroid dienone is 2. The fourth-order valence-electron chi connectivity index (χ4n) is 2.30. The SMILES string of the molecule is CCCCCCCC(C)C1(O)C=CC=CC1. The molecule has 1 heteroatoms. The summed E-state index contributed by atoms with van der Waals surface area (Å²) in [4.78, 5) is 0. The van der Waals surface area contributed by atoms with Crippen LogP contribution in [0.4, 0.5) is 0 Å². The van der Waals surface area contributed by atoms with E-state index in [1.807, 2.05) is 18.2 Å². The van der Waals surface area contributed by atoms with Crippen LogP contribution in [-0.4, -0.2) is 10.7 Å². The second kappa shape index (κ2) is 6.90. The Morgan fingerprint density at radius 2 is 1.94 bits per heavy atom. The summed E-state index contributed by atoms with van der Waals surface area (Å²) in [6.07, 6.45) is 16.5. The van der Waals surface area contributed by atoms with Crippen LogP contribution in [0.25, 0.3) is 0 Å². The fourth-order valence-corrected chi connectivity index (χ4v) is 2.30. The van der Waals surface area contributed by atoms with Crippen LogP contribution in [-0.2, 0) is 0 Å². The number of unbranched alkanes of at least 4 members (excludes halogenated alkanes) is 4. The van der Waals surface area contributed by atoms with Crippen molar-refractivity contribution in [2.24, 2.45) is 5.92 Å². The number of aliphatic hydroxyl groups is 1. The minimum absolute atomic E-state index is 0.371. The predicted molar refractivity (Wildman–Crippen MR) is 70.4 cm³/mol. The number of hydrogen-bond donors (Lipinski definition) is 1. The van der Waals surface area contributed by atoms with Crippen molar-refractivity contribution in [3.63, 3.8) is 0 Å². The molecule has 0 heterocycles. The maximum atomic E-state index is 10.4. The summed E-state index contributed by atoms with van der Waals surface area (Å²) < 4.78 is 0. The zero-order valence-electron chi connectivity index (χ0n) is 10.8. The van der Waals surface area contributed by atoms with Gasteiger partial charge in [-0.25, -0.2) is 0 Å². The molecule has 0 aromatic rings. The van der Waals surface area contributed by atoms with Gasteiger partial charge in [-0.15, -0.1) is 0 Å². The molecule has 0 aromatic carbocycles. The van der Waals surface area contributed by atoms with Gasteiger partial charge >= 0.3 is 0 Å². The Balaban J connectivity index is 2.21. The lowest BCUT2D eigenvalue weighted by atomic mass is 9.80. The molecule has 0 spiro atoms. The first-order chi connectivity index (χ1) is 7.69. The Labute approximate surface area is 100 Å². The normalized spacial score (nSPS) is 25.9. The molecule has 2 unspecified atom stereocenters. The Kier molecular flexibility index (Phi) is 5.83. The van der Waals surface area contributed by atoms with Gasteiger partial charge in [-0.2, -0.15) is 0 Å². The molecule has 1 N–H and O–H groups in total. The lowest BCUT2D eigenvalue weighted by molar-refractivity contribution is 0.0325. The molecule has 1 aliphatic rings. The molecule has 2 atom stereocenters. The van der Waals surface area contributed by atoms with E-state index in [0.29, 0.717) is 5.92 Å². The van der Waals surface area contributed by atoms with E-state index in [2.05, 4.69) is 19.9 Å². The largest absolute Gasteiger partial charge is 0.385 e. The van der Waals surface area contributed by atoms with Crippen molar-refractivity contribution < 1.29 is 5.11 Å². The molecule has 1 rings (SSSR count). The van der Waals surface area contributed by atoms with Crippen molar-refractivity contribution in [3.8, 4) is 0 Å². The van der Waals surface area contributed by atoms with Gasteiger partial charge < -0.3 is 5.11 Å². The summed E-state index contributed by atoms with van der Waals surface area (Å²) in [5.74, 6) is 0.371. The van der Waals surface area contributed by atoms with Gasteiger partial charge in [0.25, 0.3) is 0 Å². The molecule has 0 aliphatic heterocycles. The summed E-state index contributed by atoms with van der Waals surface area (Å²) in [6, 6.07) is 0. The van der Waals surface area contributed by atoms with Gasteiger partial charge in [-0.3, -0.25) is 0 Å². The zero-order chi connectivity index (χ0) is 11.9. The first kappa shape index (κ1) is 13.5. The molecule has 0 radical (unpaired) electrons. The minimum Gasteiger partial charge on any atom is -0.385 e. The lowest BCUT2D eigenvalue weighted by Crippen LogP contribution is -2.34. The summed E-state index contributed by atoms with van der Waals surface area (Å²) in [7, 11) is 0. The molecule has 0 bridgehead atoms. The van der Waals surface area contributed by atoms with Crippen molar-refractivity contribution in [2.75, 3.05) is 0 Å². The van der Waals surface area contributed by atoms with Gasteiger partial charge in [-0.1, -0.05) is 70.3 Å². The van der Waals surface area contributed by atoms with E-state index < -0.39 is 5.60 Å². The highest BCUT2D eigenvalue weighted by Gasteiger charge is 2.29. The van der Waals surface area contributed by atoms with Crippen LogP contribution in [0.3, 0.4) is 0 Å². The average molecular weight is 222 g/mol. The van der Waals surface area contributed by atoms with E-state index in [0.717, 1.165) is 12.8 Å². The first-order valence-electron chi connectivity index (χ1n) is 6.76. The Morgan fingerprint density at radius 1 is 1.19 bits per heavy atom. The predicted octanol–water partition coefficient (Wildman–Crippen LogP) is 4.23. The van der Waals surface area contributed by atoms with Crippen LogP contribution < -0.4 is 0 Å². The second-order valence-corrected chi connectivity index (χ2v) is 5.09. The smallest absolute Gasteiger partial charge is 0.0890 e. The van der Waals surface area contributed by atoms with Gasteiger partial charge in [0, 0.05) is 0 Å². The van der Waals surface area contributed by atoms with E-state index in [1.54, 1.807) is 0 Å². The molecule has 92 valence electrons. The highest BCUT2D eigenvalue weighted by molar-refractivity contribution is 5.18. The van der Waals surface area contributed by atoms with Gasteiger partial charge in [0.1, 0.15) is 0 Å². The molecule has 0 aromatic heterocycles. The van der Waals surface area contributed by atoms with Gasteiger partial charge in [0.05, 0.1) is 5.60 Å². The molecule has 16 heavy (non-hydrogen) atoms. The summed E-state index contributed by atoms with van der Waals surface area (Å²) >= 11 is 0. The van der Waals surface area contributed by atoms with E-state index in [-0.39, 0.29) is 0 Å². The topological polar surface area (TPSA) is 20.2 Å². The highest BCUT2D eigenvalue weighted by atomic mass is 16.3. The second-order valence-electron chi connectivity index (χ2n) is 5.09. The number of hydrogen-bond acceptors (Lipinski definition) is 1. The van der Waals surface area contributed by atoms with Crippen LogP contribution in [0.1, 0.15) is 58.8 Å². The van der Waals surface area contributed by atoms with Crippen LogP contribution in [0.15, 0.2) is 24.3 Å². The van der Waals surface area contributed by atoms with Crippen molar-refractivity contribution in [3.05, 3.63) is 24.3 Å². The third-order valence-electron chi connectivity index (χ3n) is 3.67. The Hall–Kier alpha value is -0.560. The van der Waals surface area contributed by atoms with E-state index in [9.17, 15) is 5.11 Å². The Bertz CT molecular complexity index is 242. The molecular weight excluding hydrogens is 196 g/mol. The quantitative estimate of drug-likeness (QED) is 0.639. The van der Waals surface area contributed by atoms with Crippen LogP contribution in [0, 0.1) is 5.92 Å². The van der Waals surface area contributed by atoms with Gasteiger partial charge in [0.2, 0.25) is 0 Å². The molecule has 1 nitrogen and oxygen atoms in total.